The summed E-state index contributed by atoms with van der Waals surface area (Å²) in [6.07, 6.45) is 3.01. The van der Waals surface area contributed by atoms with Crippen LogP contribution in [0, 0.1) is 0 Å². The number of aryl methyl sites for hydroxylation is 1. The minimum Gasteiger partial charge on any atom is -0.481 e. The number of Topliss-reactive ketones (excluding diaryl/α,β-unsaturated/α-hetero) is 1. The van der Waals surface area contributed by atoms with Crippen molar-refractivity contribution in [3.63, 3.8) is 0 Å². The zero-order chi connectivity index (χ0) is 9.97. The molecule has 74 valence electrons. The van der Waals surface area contributed by atoms with Gasteiger partial charge in [0.05, 0.1) is 7.11 Å². The molecule has 1 aliphatic rings. The van der Waals surface area contributed by atoms with Gasteiger partial charge in [0.1, 0.15) is 5.78 Å². The van der Waals surface area contributed by atoms with Crippen molar-refractivity contribution in [2.45, 2.75) is 25.7 Å². The molecule has 1 aromatic rings. The zero-order valence-corrected chi connectivity index (χ0v) is 8.25. The summed E-state index contributed by atoms with van der Waals surface area (Å²) in [7, 11) is 1.61. The molecule has 0 bridgehead atoms. The maximum absolute atomic E-state index is 11.3. The van der Waals surface area contributed by atoms with Crippen LogP contribution in [0.3, 0.4) is 0 Å². The molecule has 0 saturated carbocycles. The summed E-state index contributed by atoms with van der Waals surface area (Å²) in [5.41, 5.74) is 2.09. The molecule has 0 fully saturated rings. The number of pyridine rings is 1. The molecule has 0 amide bonds. The van der Waals surface area contributed by atoms with Crippen molar-refractivity contribution in [3.8, 4) is 5.88 Å². The summed E-state index contributed by atoms with van der Waals surface area (Å²) in [5, 5.41) is 0. The Kier molecular flexibility index (Phi) is 2.48. The van der Waals surface area contributed by atoms with Gasteiger partial charge in [0, 0.05) is 24.6 Å². The second kappa shape index (κ2) is 3.78. The van der Waals surface area contributed by atoms with Crippen LogP contribution in [-0.4, -0.2) is 17.9 Å². The fourth-order valence-corrected chi connectivity index (χ4v) is 1.76. The van der Waals surface area contributed by atoms with E-state index in [4.69, 9.17) is 4.74 Å². The summed E-state index contributed by atoms with van der Waals surface area (Å²) < 4.78 is 5.05. The van der Waals surface area contributed by atoms with Crippen molar-refractivity contribution in [2.24, 2.45) is 0 Å². The number of ether oxygens (including phenoxy) is 1. The maximum atomic E-state index is 11.3. The van der Waals surface area contributed by atoms with Crippen molar-refractivity contribution in [3.05, 3.63) is 23.4 Å². The average molecular weight is 191 g/mol. The van der Waals surface area contributed by atoms with Gasteiger partial charge in [-0.3, -0.25) is 4.79 Å². The molecule has 3 heteroatoms. The molecule has 0 N–H and O–H groups in total. The Morgan fingerprint density at radius 3 is 3.00 bits per heavy atom. The minimum atomic E-state index is 0.315. The monoisotopic (exact) mass is 191 g/mol. The Hall–Kier alpha value is -1.38. The van der Waals surface area contributed by atoms with Gasteiger partial charge in [0.15, 0.2) is 0 Å². The highest BCUT2D eigenvalue weighted by Gasteiger charge is 2.14. The molecule has 0 saturated heterocycles. The average Bonchev–Trinajstić information content (AvgIpc) is 2.37. The first-order valence-electron chi connectivity index (χ1n) is 4.84. The van der Waals surface area contributed by atoms with Gasteiger partial charge < -0.3 is 4.74 Å². The summed E-state index contributed by atoms with van der Waals surface area (Å²) >= 11 is 0. The smallest absolute Gasteiger partial charge is 0.213 e. The van der Waals surface area contributed by atoms with Crippen LogP contribution in [0.5, 0.6) is 5.88 Å². The van der Waals surface area contributed by atoms with Crippen LogP contribution in [0.4, 0.5) is 0 Å². The molecule has 3 nitrogen and oxygen atoms in total. The number of nitrogens with zero attached hydrogens (tertiary/aromatic N) is 1. The van der Waals surface area contributed by atoms with E-state index < -0.39 is 0 Å². The van der Waals surface area contributed by atoms with Crippen LogP contribution < -0.4 is 4.74 Å². The first-order chi connectivity index (χ1) is 6.79. The highest BCUT2D eigenvalue weighted by atomic mass is 16.5. The Bertz CT molecular complexity index is 360. The Morgan fingerprint density at radius 2 is 2.21 bits per heavy atom. The summed E-state index contributed by atoms with van der Waals surface area (Å²) in [4.78, 5) is 15.7. The number of carbonyl (C=O) groups is 1. The van der Waals surface area contributed by atoms with Gasteiger partial charge in [-0.1, -0.05) is 6.07 Å². The lowest BCUT2D eigenvalue weighted by molar-refractivity contribution is -0.118. The van der Waals surface area contributed by atoms with E-state index in [2.05, 4.69) is 4.98 Å². The largest absolute Gasteiger partial charge is 0.481 e. The second-order valence-corrected chi connectivity index (χ2v) is 3.53. The van der Waals surface area contributed by atoms with Crippen LogP contribution in [0.1, 0.15) is 24.1 Å². The molecule has 1 heterocycles. The number of hydrogen-bond acceptors (Lipinski definition) is 3. The molecule has 0 radical (unpaired) electrons. The Labute approximate surface area is 83.1 Å². The fraction of sp³-hybridized carbons (Fsp3) is 0.455. The molecular formula is C11H13NO2. The standard InChI is InChI=1S/C11H13NO2/c1-14-11-6-5-8-7-9(13)3-2-4-10(8)12-11/h5-6H,2-4,7H2,1H3. The van der Waals surface area contributed by atoms with Crippen molar-refractivity contribution < 1.29 is 9.53 Å². The van der Waals surface area contributed by atoms with Gasteiger partial charge in [-0.25, -0.2) is 4.98 Å². The number of carbonyl (C=O) groups excluding carboxylic acids is 1. The van der Waals surface area contributed by atoms with E-state index in [0.717, 1.165) is 24.1 Å². The van der Waals surface area contributed by atoms with E-state index in [9.17, 15) is 4.79 Å². The third-order valence-electron chi connectivity index (χ3n) is 2.51. The van der Waals surface area contributed by atoms with E-state index in [0.29, 0.717) is 24.5 Å². The molecule has 1 aliphatic carbocycles. The molecule has 0 aromatic carbocycles. The van der Waals surface area contributed by atoms with Crippen molar-refractivity contribution in [1.29, 1.82) is 0 Å². The fourth-order valence-electron chi connectivity index (χ4n) is 1.76. The summed E-state index contributed by atoms with van der Waals surface area (Å²) in [6, 6.07) is 3.77. The number of fused-ring (bicyclic) bond motifs is 1. The lowest BCUT2D eigenvalue weighted by Gasteiger charge is -2.05. The van der Waals surface area contributed by atoms with Gasteiger partial charge in [0.25, 0.3) is 0 Å². The molecule has 1 aromatic heterocycles. The highest BCUT2D eigenvalue weighted by Crippen LogP contribution is 2.19. The lowest BCUT2D eigenvalue weighted by atomic mass is 10.1. The zero-order valence-electron chi connectivity index (χ0n) is 8.25. The predicted molar refractivity (Wildman–Crippen MR) is 52.4 cm³/mol. The third kappa shape index (κ3) is 1.76. The van der Waals surface area contributed by atoms with Gasteiger partial charge in [-0.15, -0.1) is 0 Å². The summed E-state index contributed by atoms with van der Waals surface area (Å²) in [6.45, 7) is 0. The second-order valence-electron chi connectivity index (χ2n) is 3.53. The number of methoxy groups -OCH3 is 1. The Morgan fingerprint density at radius 1 is 1.36 bits per heavy atom. The SMILES string of the molecule is COc1ccc2c(n1)CCCC(=O)C2. The quantitative estimate of drug-likeness (QED) is 0.632. The van der Waals surface area contributed by atoms with Gasteiger partial charge >= 0.3 is 0 Å². The Balaban J connectivity index is 2.35. The van der Waals surface area contributed by atoms with Crippen molar-refractivity contribution in [1.82, 2.24) is 4.98 Å². The molecule has 14 heavy (non-hydrogen) atoms. The van der Waals surface area contributed by atoms with E-state index in [1.165, 1.54) is 0 Å². The van der Waals surface area contributed by atoms with E-state index in [1.54, 1.807) is 7.11 Å². The molecule has 2 rings (SSSR count). The van der Waals surface area contributed by atoms with Gasteiger partial charge in [0.2, 0.25) is 5.88 Å². The topological polar surface area (TPSA) is 39.2 Å². The minimum absolute atomic E-state index is 0.315. The highest BCUT2D eigenvalue weighted by molar-refractivity contribution is 5.81. The molecular weight excluding hydrogens is 178 g/mol. The molecule has 0 unspecified atom stereocenters. The van der Waals surface area contributed by atoms with Crippen molar-refractivity contribution >= 4 is 5.78 Å². The van der Waals surface area contributed by atoms with E-state index in [-0.39, 0.29) is 0 Å². The van der Waals surface area contributed by atoms with Crippen LogP contribution in [-0.2, 0) is 17.6 Å². The predicted octanol–water partition coefficient (Wildman–Crippen LogP) is 1.54. The first-order valence-corrected chi connectivity index (χ1v) is 4.84. The third-order valence-corrected chi connectivity index (χ3v) is 2.51. The van der Waals surface area contributed by atoms with Crippen LogP contribution in [0.15, 0.2) is 12.1 Å². The number of rotatable bonds is 1. The van der Waals surface area contributed by atoms with Crippen LogP contribution in [0.2, 0.25) is 0 Å². The van der Waals surface area contributed by atoms with Crippen LogP contribution in [0.25, 0.3) is 0 Å². The first kappa shape index (κ1) is 9.19. The van der Waals surface area contributed by atoms with E-state index in [1.807, 2.05) is 12.1 Å². The van der Waals surface area contributed by atoms with Crippen molar-refractivity contribution in [2.75, 3.05) is 7.11 Å². The maximum Gasteiger partial charge on any atom is 0.213 e. The molecule has 0 atom stereocenters. The molecule has 0 spiro atoms. The normalized spacial score (nSPS) is 15.9. The van der Waals surface area contributed by atoms with Crippen LogP contribution >= 0.6 is 0 Å². The number of ketones is 1. The van der Waals surface area contributed by atoms with Gasteiger partial charge in [-0.2, -0.15) is 0 Å². The number of aromatic nitrogens is 1. The lowest BCUT2D eigenvalue weighted by Crippen LogP contribution is -2.01. The molecule has 0 aliphatic heterocycles. The number of hydrogen-bond donors (Lipinski definition) is 0. The van der Waals surface area contributed by atoms with Gasteiger partial charge in [-0.05, 0) is 18.4 Å². The van der Waals surface area contributed by atoms with E-state index >= 15 is 0 Å². The summed E-state index contributed by atoms with van der Waals surface area (Å²) in [5.74, 6) is 0.953.